The molecule has 8 heteroatoms. The zero-order chi connectivity index (χ0) is 16.2. The van der Waals surface area contributed by atoms with E-state index in [-0.39, 0.29) is 11.6 Å². The summed E-state index contributed by atoms with van der Waals surface area (Å²) < 4.78 is 37.1. The first-order valence-electron chi connectivity index (χ1n) is 7.33. The van der Waals surface area contributed by atoms with Gasteiger partial charge in [-0.1, -0.05) is 13.3 Å². The van der Waals surface area contributed by atoms with E-state index in [1.54, 1.807) is 0 Å². The van der Waals surface area contributed by atoms with Gasteiger partial charge in [0.05, 0.1) is 5.56 Å². The van der Waals surface area contributed by atoms with Crippen LogP contribution in [0.4, 0.5) is 13.2 Å². The molecule has 2 heterocycles. The zero-order valence-corrected chi connectivity index (χ0v) is 12.4. The fraction of sp³-hybridized carbons (Fsp3) is 0.643. The average molecular weight is 316 g/mol. The molecule has 1 aromatic rings. The maximum Gasteiger partial charge on any atom is 0.451 e. The topological polar surface area (TPSA) is 58.1 Å². The van der Waals surface area contributed by atoms with Gasteiger partial charge in [0.1, 0.15) is 0 Å². The smallest absolute Gasteiger partial charge is 0.350 e. The van der Waals surface area contributed by atoms with Crippen LogP contribution < -0.4 is 5.32 Å². The number of likely N-dealkylation sites (N-methyl/N-ethyl adjacent to an activating group) is 1. The molecule has 0 aromatic carbocycles. The Labute approximate surface area is 126 Å². The number of nitrogens with one attached hydrogen (secondary N) is 1. The van der Waals surface area contributed by atoms with Crippen LogP contribution in [0.3, 0.4) is 0 Å². The third-order valence-corrected chi connectivity index (χ3v) is 3.82. The maximum atomic E-state index is 12.4. The lowest BCUT2D eigenvalue weighted by molar-refractivity contribution is -0.145. The number of carbonyl (C=O) groups is 1. The second kappa shape index (κ2) is 7.04. The Bertz CT molecular complexity index is 504. The molecule has 0 spiro atoms. The van der Waals surface area contributed by atoms with Crippen molar-refractivity contribution in [2.75, 3.05) is 19.6 Å². The van der Waals surface area contributed by atoms with Crippen molar-refractivity contribution in [3.8, 4) is 0 Å². The third kappa shape index (κ3) is 4.16. The first-order valence-corrected chi connectivity index (χ1v) is 7.33. The molecule has 1 N–H and O–H groups in total. The molecule has 1 aromatic heterocycles. The third-order valence-electron chi connectivity index (χ3n) is 3.82. The van der Waals surface area contributed by atoms with Gasteiger partial charge in [0.2, 0.25) is 5.82 Å². The maximum absolute atomic E-state index is 12.4. The highest BCUT2D eigenvalue weighted by Crippen LogP contribution is 2.25. The number of nitrogens with zero attached hydrogens (tertiary/aromatic N) is 3. The number of piperidine rings is 1. The summed E-state index contributed by atoms with van der Waals surface area (Å²) in [5, 5.41) is 2.75. The molecule has 1 amide bonds. The lowest BCUT2D eigenvalue weighted by atomic mass is 10.0. The fourth-order valence-electron chi connectivity index (χ4n) is 2.61. The minimum absolute atomic E-state index is 0.0341. The normalized spacial score (nSPS) is 19.9. The van der Waals surface area contributed by atoms with Crippen molar-refractivity contribution in [3.05, 3.63) is 23.8 Å². The van der Waals surface area contributed by atoms with Gasteiger partial charge in [-0.3, -0.25) is 9.69 Å². The Kier molecular flexibility index (Phi) is 5.33. The van der Waals surface area contributed by atoms with Gasteiger partial charge in [-0.15, -0.1) is 0 Å². The molecule has 1 fully saturated rings. The number of alkyl halides is 3. The van der Waals surface area contributed by atoms with E-state index in [2.05, 4.69) is 27.1 Å². The number of halogens is 3. The first kappa shape index (κ1) is 16.7. The number of hydrogen-bond donors (Lipinski definition) is 1. The minimum Gasteiger partial charge on any atom is -0.350 e. The molecule has 1 aliphatic heterocycles. The largest absolute Gasteiger partial charge is 0.451 e. The number of amides is 1. The van der Waals surface area contributed by atoms with Gasteiger partial charge >= 0.3 is 6.18 Å². The summed E-state index contributed by atoms with van der Waals surface area (Å²) in [6, 6.07) is 0.276. The summed E-state index contributed by atoms with van der Waals surface area (Å²) in [6.45, 7) is 4.49. The van der Waals surface area contributed by atoms with Gasteiger partial charge in [0.25, 0.3) is 5.91 Å². The van der Waals surface area contributed by atoms with Crippen LogP contribution >= 0.6 is 0 Å². The van der Waals surface area contributed by atoms with Gasteiger partial charge < -0.3 is 5.32 Å². The highest BCUT2D eigenvalue weighted by molar-refractivity contribution is 5.93. The van der Waals surface area contributed by atoms with E-state index in [4.69, 9.17) is 0 Å². The second-order valence-electron chi connectivity index (χ2n) is 5.28. The van der Waals surface area contributed by atoms with Crippen molar-refractivity contribution in [2.24, 2.45) is 0 Å². The molecule has 0 bridgehead atoms. The number of carbonyl (C=O) groups excluding carboxylic acids is 1. The summed E-state index contributed by atoms with van der Waals surface area (Å²) in [7, 11) is 0. The molecule has 1 saturated heterocycles. The van der Waals surface area contributed by atoms with Gasteiger partial charge in [-0.25, -0.2) is 9.97 Å². The molecule has 0 saturated carbocycles. The van der Waals surface area contributed by atoms with E-state index in [1.165, 1.54) is 0 Å². The molecule has 0 radical (unpaired) electrons. The zero-order valence-electron chi connectivity index (χ0n) is 12.4. The van der Waals surface area contributed by atoms with Gasteiger partial charge in [-0.05, 0) is 25.9 Å². The highest BCUT2D eigenvalue weighted by atomic mass is 19.4. The summed E-state index contributed by atoms with van der Waals surface area (Å²) in [5.41, 5.74) is 0.0341. The summed E-state index contributed by atoms with van der Waals surface area (Å²) in [5.74, 6) is -1.69. The first-order chi connectivity index (χ1) is 10.4. The van der Waals surface area contributed by atoms with Crippen molar-refractivity contribution in [1.82, 2.24) is 20.2 Å². The van der Waals surface area contributed by atoms with Crippen LogP contribution in [0.1, 0.15) is 42.4 Å². The minimum atomic E-state index is -4.60. The Morgan fingerprint density at radius 3 is 2.64 bits per heavy atom. The Morgan fingerprint density at radius 2 is 2.05 bits per heavy atom. The lowest BCUT2D eigenvalue weighted by Crippen LogP contribution is -2.46. The van der Waals surface area contributed by atoms with E-state index in [0.717, 1.165) is 44.7 Å². The van der Waals surface area contributed by atoms with Crippen LogP contribution in [0.25, 0.3) is 0 Å². The number of hydrogen-bond acceptors (Lipinski definition) is 4. The predicted octanol–water partition coefficient (Wildman–Crippen LogP) is 2.10. The number of likely N-dealkylation sites (tertiary alicyclic amines) is 1. The Morgan fingerprint density at radius 1 is 1.36 bits per heavy atom. The molecule has 22 heavy (non-hydrogen) atoms. The number of rotatable bonds is 4. The Hall–Kier alpha value is -1.70. The van der Waals surface area contributed by atoms with Gasteiger partial charge in [-0.2, -0.15) is 13.2 Å². The average Bonchev–Trinajstić information content (AvgIpc) is 2.52. The SMILES string of the molecule is CCN1CCCCC1CNC(=O)c1cnc(C(F)(F)F)nc1. The quantitative estimate of drug-likeness (QED) is 0.924. The summed E-state index contributed by atoms with van der Waals surface area (Å²) in [4.78, 5) is 20.6. The van der Waals surface area contributed by atoms with Crippen LogP contribution in [-0.2, 0) is 6.18 Å². The van der Waals surface area contributed by atoms with Crippen molar-refractivity contribution in [3.63, 3.8) is 0 Å². The predicted molar refractivity (Wildman–Crippen MR) is 74.3 cm³/mol. The van der Waals surface area contributed by atoms with Gasteiger partial charge in [0.15, 0.2) is 0 Å². The molecular weight excluding hydrogens is 297 g/mol. The van der Waals surface area contributed by atoms with Crippen LogP contribution in [0.5, 0.6) is 0 Å². The van der Waals surface area contributed by atoms with E-state index in [0.29, 0.717) is 6.54 Å². The highest BCUT2D eigenvalue weighted by Gasteiger charge is 2.34. The molecule has 122 valence electrons. The summed E-state index contributed by atoms with van der Waals surface area (Å²) >= 11 is 0. The standard InChI is InChI=1S/C14H19F3N4O/c1-2-21-6-4-3-5-11(21)9-18-12(22)10-7-19-13(20-8-10)14(15,16)17/h7-8,11H,2-6,9H2,1H3,(H,18,22). The molecular formula is C14H19F3N4O. The van der Waals surface area contributed by atoms with E-state index >= 15 is 0 Å². The van der Waals surface area contributed by atoms with Crippen LogP contribution in [0.15, 0.2) is 12.4 Å². The van der Waals surface area contributed by atoms with Crippen LogP contribution in [-0.4, -0.2) is 46.5 Å². The number of aromatic nitrogens is 2. The summed E-state index contributed by atoms with van der Waals surface area (Å²) in [6.07, 6.45) is 0.509. The Balaban J connectivity index is 1.92. The molecule has 1 unspecified atom stereocenters. The molecule has 1 atom stereocenters. The molecule has 2 rings (SSSR count). The molecule has 1 aliphatic rings. The van der Waals surface area contributed by atoms with Crippen molar-refractivity contribution < 1.29 is 18.0 Å². The fourth-order valence-corrected chi connectivity index (χ4v) is 2.61. The van der Waals surface area contributed by atoms with E-state index in [9.17, 15) is 18.0 Å². The van der Waals surface area contributed by atoms with Crippen molar-refractivity contribution >= 4 is 5.91 Å². The molecule has 0 aliphatic carbocycles. The van der Waals surface area contributed by atoms with Crippen LogP contribution in [0, 0.1) is 0 Å². The monoisotopic (exact) mass is 316 g/mol. The van der Waals surface area contributed by atoms with E-state index < -0.39 is 17.9 Å². The van der Waals surface area contributed by atoms with Gasteiger partial charge in [0, 0.05) is 25.0 Å². The second-order valence-corrected chi connectivity index (χ2v) is 5.28. The van der Waals surface area contributed by atoms with Crippen molar-refractivity contribution in [2.45, 2.75) is 38.4 Å². The van der Waals surface area contributed by atoms with Crippen molar-refractivity contribution in [1.29, 1.82) is 0 Å². The molecule has 5 nitrogen and oxygen atoms in total. The lowest BCUT2D eigenvalue weighted by Gasteiger charge is -2.34. The van der Waals surface area contributed by atoms with E-state index in [1.807, 2.05) is 0 Å². The van der Waals surface area contributed by atoms with Crippen LogP contribution in [0.2, 0.25) is 0 Å².